The number of rotatable bonds is 2. The first-order valence-corrected chi connectivity index (χ1v) is 7.18. The lowest BCUT2D eigenvalue weighted by molar-refractivity contribution is 0.102. The molecule has 0 unspecified atom stereocenters. The van der Waals surface area contributed by atoms with Gasteiger partial charge in [0.25, 0.3) is 5.91 Å². The average molecular weight is 333 g/mol. The van der Waals surface area contributed by atoms with Crippen molar-refractivity contribution in [3.05, 3.63) is 74.5 Å². The summed E-state index contributed by atoms with van der Waals surface area (Å²) in [7, 11) is 0. The van der Waals surface area contributed by atoms with E-state index in [4.69, 9.17) is 23.2 Å². The van der Waals surface area contributed by atoms with E-state index in [-0.39, 0.29) is 11.0 Å². The number of pyridine rings is 1. The molecule has 3 rings (SSSR count). The molecule has 2 N–H and O–H groups in total. The number of hydrogen-bond donors (Lipinski definition) is 2. The second-order valence-electron chi connectivity index (χ2n) is 4.68. The van der Waals surface area contributed by atoms with Crippen molar-refractivity contribution < 1.29 is 4.79 Å². The molecule has 0 spiro atoms. The van der Waals surface area contributed by atoms with Crippen LogP contribution in [0.25, 0.3) is 10.9 Å². The molecule has 2 aromatic carbocycles. The van der Waals surface area contributed by atoms with Crippen LogP contribution in [0.5, 0.6) is 0 Å². The van der Waals surface area contributed by atoms with Crippen LogP contribution in [0.15, 0.2) is 53.5 Å². The van der Waals surface area contributed by atoms with Crippen molar-refractivity contribution in [2.75, 3.05) is 5.32 Å². The van der Waals surface area contributed by atoms with Crippen LogP contribution in [-0.4, -0.2) is 10.9 Å². The van der Waals surface area contributed by atoms with E-state index in [1.807, 2.05) is 0 Å². The average Bonchev–Trinajstić information content (AvgIpc) is 2.50. The third kappa shape index (κ3) is 2.84. The summed E-state index contributed by atoms with van der Waals surface area (Å²) in [6, 6.07) is 11.5. The fourth-order valence-corrected chi connectivity index (χ4v) is 2.39. The lowest BCUT2D eigenvalue weighted by atomic mass is 10.1. The van der Waals surface area contributed by atoms with E-state index in [0.717, 1.165) is 0 Å². The Balaban J connectivity index is 1.99. The van der Waals surface area contributed by atoms with E-state index in [9.17, 15) is 9.59 Å². The molecule has 0 radical (unpaired) electrons. The van der Waals surface area contributed by atoms with Crippen molar-refractivity contribution in [1.29, 1.82) is 0 Å². The predicted molar refractivity (Wildman–Crippen MR) is 89.0 cm³/mol. The molecule has 110 valence electrons. The summed E-state index contributed by atoms with van der Waals surface area (Å²) in [5, 5.41) is 4.03. The molecule has 1 amide bonds. The molecule has 0 atom stereocenters. The van der Waals surface area contributed by atoms with Gasteiger partial charge in [-0.05, 0) is 42.5 Å². The van der Waals surface area contributed by atoms with Gasteiger partial charge in [0.15, 0.2) is 0 Å². The number of carbonyl (C=O) groups is 1. The van der Waals surface area contributed by atoms with Gasteiger partial charge in [-0.25, -0.2) is 0 Å². The minimum Gasteiger partial charge on any atom is -0.360 e. The van der Waals surface area contributed by atoms with Crippen LogP contribution >= 0.6 is 23.2 Å². The summed E-state index contributed by atoms with van der Waals surface area (Å²) in [5.41, 5.74) is 0.824. The van der Waals surface area contributed by atoms with Gasteiger partial charge >= 0.3 is 0 Å². The molecule has 1 aromatic heterocycles. The molecule has 0 saturated carbocycles. The van der Waals surface area contributed by atoms with Gasteiger partial charge in [0.2, 0.25) is 5.43 Å². The highest BCUT2D eigenvalue weighted by Gasteiger charge is 2.13. The number of carbonyl (C=O) groups excluding carboxylic acids is 1. The van der Waals surface area contributed by atoms with E-state index in [2.05, 4.69) is 10.3 Å². The Morgan fingerprint density at radius 3 is 2.41 bits per heavy atom. The molecule has 0 bridgehead atoms. The second kappa shape index (κ2) is 5.83. The summed E-state index contributed by atoms with van der Waals surface area (Å²) in [6.07, 6.45) is 1.39. The lowest BCUT2D eigenvalue weighted by Crippen LogP contribution is -2.21. The third-order valence-electron chi connectivity index (χ3n) is 3.19. The van der Waals surface area contributed by atoms with Gasteiger partial charge in [-0.15, -0.1) is 0 Å². The monoisotopic (exact) mass is 332 g/mol. The first-order valence-electron chi connectivity index (χ1n) is 6.42. The number of aromatic nitrogens is 1. The largest absolute Gasteiger partial charge is 0.360 e. The SMILES string of the molecule is O=C(Nc1ccc(Cl)cc1)c1c[nH]c2ccc(Cl)cc2c1=O. The van der Waals surface area contributed by atoms with Gasteiger partial charge < -0.3 is 10.3 Å². The van der Waals surface area contributed by atoms with E-state index in [1.165, 1.54) is 12.3 Å². The van der Waals surface area contributed by atoms with Crippen molar-refractivity contribution in [2.24, 2.45) is 0 Å². The highest BCUT2D eigenvalue weighted by Crippen LogP contribution is 2.16. The normalized spacial score (nSPS) is 10.6. The molecule has 22 heavy (non-hydrogen) atoms. The Morgan fingerprint density at radius 2 is 1.68 bits per heavy atom. The number of hydrogen-bond acceptors (Lipinski definition) is 2. The van der Waals surface area contributed by atoms with Crippen molar-refractivity contribution in [1.82, 2.24) is 4.98 Å². The first kappa shape index (κ1) is 14.6. The predicted octanol–water partition coefficient (Wildman–Crippen LogP) is 4.09. The van der Waals surface area contributed by atoms with Gasteiger partial charge in [-0.1, -0.05) is 23.2 Å². The van der Waals surface area contributed by atoms with E-state index < -0.39 is 5.91 Å². The van der Waals surface area contributed by atoms with E-state index in [1.54, 1.807) is 36.4 Å². The van der Waals surface area contributed by atoms with Crippen LogP contribution in [0.3, 0.4) is 0 Å². The summed E-state index contributed by atoms with van der Waals surface area (Å²) in [4.78, 5) is 27.6. The minimum absolute atomic E-state index is 0.0183. The molecule has 4 nitrogen and oxygen atoms in total. The number of H-pyrrole nitrogens is 1. The molecule has 0 fully saturated rings. The van der Waals surface area contributed by atoms with Gasteiger partial charge in [0.1, 0.15) is 5.56 Å². The third-order valence-corrected chi connectivity index (χ3v) is 3.68. The zero-order valence-corrected chi connectivity index (χ0v) is 12.7. The molecule has 0 saturated heterocycles. The smallest absolute Gasteiger partial charge is 0.261 e. The van der Waals surface area contributed by atoms with Crippen LogP contribution in [0.1, 0.15) is 10.4 Å². The van der Waals surface area contributed by atoms with Crippen LogP contribution in [0, 0.1) is 0 Å². The lowest BCUT2D eigenvalue weighted by Gasteiger charge is -2.06. The van der Waals surface area contributed by atoms with Gasteiger partial charge in [-0.3, -0.25) is 9.59 Å². The maximum atomic E-state index is 12.4. The Morgan fingerprint density at radius 1 is 1.00 bits per heavy atom. The van der Waals surface area contributed by atoms with Gasteiger partial charge in [0.05, 0.1) is 0 Å². The second-order valence-corrected chi connectivity index (χ2v) is 5.56. The van der Waals surface area contributed by atoms with Gasteiger partial charge in [0, 0.05) is 32.8 Å². The highest BCUT2D eigenvalue weighted by molar-refractivity contribution is 6.31. The summed E-state index contributed by atoms with van der Waals surface area (Å²) in [5.74, 6) is -0.495. The molecule has 0 aliphatic heterocycles. The quantitative estimate of drug-likeness (QED) is 0.742. The zero-order chi connectivity index (χ0) is 15.7. The Labute approximate surface area is 135 Å². The van der Waals surface area contributed by atoms with Crippen molar-refractivity contribution in [2.45, 2.75) is 0 Å². The van der Waals surface area contributed by atoms with Gasteiger partial charge in [-0.2, -0.15) is 0 Å². The topological polar surface area (TPSA) is 62.0 Å². The maximum absolute atomic E-state index is 12.4. The Hall–Kier alpha value is -2.30. The first-order chi connectivity index (χ1) is 10.5. The number of amides is 1. The fourth-order valence-electron chi connectivity index (χ4n) is 2.09. The molecular formula is C16H10Cl2N2O2. The Kier molecular flexibility index (Phi) is 3.88. The van der Waals surface area contributed by atoms with E-state index >= 15 is 0 Å². The molecular weight excluding hydrogens is 323 g/mol. The van der Waals surface area contributed by atoms with Crippen LogP contribution in [-0.2, 0) is 0 Å². The number of aromatic amines is 1. The minimum atomic E-state index is -0.495. The van der Waals surface area contributed by atoms with Crippen LogP contribution < -0.4 is 10.7 Å². The molecule has 6 heteroatoms. The van der Waals surface area contributed by atoms with Crippen molar-refractivity contribution in [3.8, 4) is 0 Å². The summed E-state index contributed by atoms with van der Waals surface area (Å²) < 4.78 is 0. The van der Waals surface area contributed by atoms with Crippen LogP contribution in [0.2, 0.25) is 10.0 Å². The maximum Gasteiger partial charge on any atom is 0.261 e. The Bertz CT molecular complexity index is 918. The summed E-state index contributed by atoms with van der Waals surface area (Å²) >= 11 is 11.7. The van der Waals surface area contributed by atoms with Crippen molar-refractivity contribution in [3.63, 3.8) is 0 Å². The molecule has 0 aliphatic rings. The number of anilines is 1. The molecule has 0 aliphatic carbocycles. The van der Waals surface area contributed by atoms with Crippen molar-refractivity contribution >= 4 is 45.7 Å². The highest BCUT2D eigenvalue weighted by atomic mass is 35.5. The zero-order valence-electron chi connectivity index (χ0n) is 11.2. The molecule has 1 heterocycles. The number of fused-ring (bicyclic) bond motifs is 1. The molecule has 3 aromatic rings. The number of nitrogens with one attached hydrogen (secondary N) is 2. The fraction of sp³-hybridized carbons (Fsp3) is 0. The van der Waals surface area contributed by atoms with E-state index in [0.29, 0.717) is 26.6 Å². The summed E-state index contributed by atoms with van der Waals surface area (Å²) in [6.45, 7) is 0. The standard InChI is InChI=1S/C16H10Cl2N2O2/c17-9-1-4-11(5-2-9)20-16(22)13-8-19-14-6-3-10(18)7-12(14)15(13)21/h1-8H,(H,19,21)(H,20,22). The number of halogens is 2. The number of benzene rings is 2. The van der Waals surface area contributed by atoms with Crippen LogP contribution in [0.4, 0.5) is 5.69 Å².